The second-order valence-corrected chi connectivity index (χ2v) is 6.04. The summed E-state index contributed by atoms with van der Waals surface area (Å²) >= 11 is 0. The smallest absolute Gasteiger partial charge is 0.149 e. The summed E-state index contributed by atoms with van der Waals surface area (Å²) in [5, 5.41) is 7.19. The number of nitrogens with one attached hydrogen (secondary N) is 1. The Morgan fingerprint density at radius 1 is 1.16 bits per heavy atom. The van der Waals surface area contributed by atoms with Crippen molar-refractivity contribution in [3.8, 4) is 11.3 Å². The number of nitrogens with zero attached hydrogens (tertiary/aromatic N) is 1. The Bertz CT molecular complexity index is 544. The zero-order valence-electron chi connectivity index (χ0n) is 12.2. The quantitative estimate of drug-likeness (QED) is 0.876. The minimum absolute atomic E-state index is 0.178. The second kappa shape index (κ2) is 5.08. The van der Waals surface area contributed by atoms with Crippen LogP contribution < -0.4 is 5.73 Å². The topological polar surface area (TPSA) is 54.7 Å². The SMILES string of the molecule is CCCc1c(N)n[nH]c1-c1ccc(C(C)(C)C)cc1. The molecule has 0 spiro atoms. The first-order valence-electron chi connectivity index (χ1n) is 6.87. The van der Waals surface area contributed by atoms with Gasteiger partial charge in [-0.15, -0.1) is 0 Å². The van der Waals surface area contributed by atoms with Gasteiger partial charge in [-0.25, -0.2) is 0 Å². The van der Waals surface area contributed by atoms with Gasteiger partial charge in [-0.3, -0.25) is 5.10 Å². The maximum atomic E-state index is 5.92. The van der Waals surface area contributed by atoms with Crippen LogP contribution in [0.1, 0.15) is 45.2 Å². The number of benzene rings is 1. The van der Waals surface area contributed by atoms with Crippen LogP contribution in [0.5, 0.6) is 0 Å². The molecule has 3 heteroatoms. The van der Waals surface area contributed by atoms with Crippen LogP contribution in [0.3, 0.4) is 0 Å². The molecule has 0 radical (unpaired) electrons. The molecule has 2 rings (SSSR count). The number of nitrogen functional groups attached to an aromatic ring is 1. The summed E-state index contributed by atoms with van der Waals surface area (Å²) in [6.07, 6.45) is 2.02. The van der Waals surface area contributed by atoms with E-state index in [1.165, 1.54) is 5.56 Å². The molecule has 1 heterocycles. The Hall–Kier alpha value is -1.77. The third-order valence-corrected chi connectivity index (χ3v) is 3.44. The standard InChI is InChI=1S/C16H23N3/c1-5-6-13-14(18-19-15(13)17)11-7-9-12(10-8-11)16(2,3)4/h7-10H,5-6H2,1-4H3,(H3,17,18,19). The van der Waals surface area contributed by atoms with E-state index >= 15 is 0 Å². The summed E-state index contributed by atoms with van der Waals surface area (Å²) in [6.45, 7) is 8.81. The maximum absolute atomic E-state index is 5.92. The van der Waals surface area contributed by atoms with E-state index in [9.17, 15) is 0 Å². The minimum Gasteiger partial charge on any atom is -0.382 e. The first kappa shape index (κ1) is 13.7. The number of rotatable bonds is 3. The van der Waals surface area contributed by atoms with Gasteiger partial charge in [0.25, 0.3) is 0 Å². The average Bonchev–Trinajstić information content (AvgIpc) is 2.71. The molecule has 0 saturated heterocycles. The molecule has 0 aliphatic heterocycles. The van der Waals surface area contributed by atoms with Crippen LogP contribution in [-0.4, -0.2) is 10.2 Å². The molecule has 3 nitrogen and oxygen atoms in total. The number of hydrogen-bond acceptors (Lipinski definition) is 2. The van der Waals surface area contributed by atoms with Crippen LogP contribution in [0.4, 0.5) is 5.82 Å². The molecule has 0 bridgehead atoms. The Labute approximate surface area is 115 Å². The zero-order valence-corrected chi connectivity index (χ0v) is 12.2. The van der Waals surface area contributed by atoms with Crippen molar-refractivity contribution in [1.82, 2.24) is 10.2 Å². The lowest BCUT2D eigenvalue weighted by Crippen LogP contribution is -2.10. The molecule has 1 aromatic heterocycles. The van der Waals surface area contributed by atoms with Crippen LogP contribution in [0, 0.1) is 0 Å². The molecule has 0 unspecified atom stereocenters. The van der Waals surface area contributed by atoms with E-state index < -0.39 is 0 Å². The maximum Gasteiger partial charge on any atom is 0.149 e. The van der Waals surface area contributed by atoms with E-state index in [1.807, 2.05) is 0 Å². The summed E-state index contributed by atoms with van der Waals surface area (Å²) in [4.78, 5) is 0. The predicted octanol–water partition coefficient (Wildman–Crippen LogP) is 3.91. The summed E-state index contributed by atoms with van der Waals surface area (Å²) < 4.78 is 0. The van der Waals surface area contributed by atoms with Gasteiger partial charge in [-0.1, -0.05) is 58.4 Å². The van der Waals surface area contributed by atoms with E-state index in [2.05, 4.69) is 62.2 Å². The summed E-state index contributed by atoms with van der Waals surface area (Å²) in [7, 11) is 0. The van der Waals surface area contributed by atoms with Crippen molar-refractivity contribution >= 4 is 5.82 Å². The van der Waals surface area contributed by atoms with E-state index in [0.29, 0.717) is 5.82 Å². The van der Waals surface area contributed by atoms with Crippen LogP contribution in [0.2, 0.25) is 0 Å². The van der Waals surface area contributed by atoms with Gasteiger partial charge < -0.3 is 5.73 Å². The fourth-order valence-corrected chi connectivity index (χ4v) is 2.26. The number of anilines is 1. The van der Waals surface area contributed by atoms with Gasteiger partial charge in [0.15, 0.2) is 0 Å². The fourth-order valence-electron chi connectivity index (χ4n) is 2.26. The van der Waals surface area contributed by atoms with Gasteiger partial charge in [0.2, 0.25) is 0 Å². The van der Waals surface area contributed by atoms with E-state index in [1.54, 1.807) is 0 Å². The van der Waals surface area contributed by atoms with Crippen molar-refractivity contribution in [2.45, 2.75) is 46.0 Å². The molecule has 1 aromatic carbocycles. The van der Waals surface area contributed by atoms with E-state index in [-0.39, 0.29) is 5.41 Å². The molecule has 0 fully saturated rings. The molecule has 0 saturated carbocycles. The van der Waals surface area contributed by atoms with Gasteiger partial charge >= 0.3 is 0 Å². The van der Waals surface area contributed by atoms with Gasteiger partial charge in [-0.2, -0.15) is 5.10 Å². The van der Waals surface area contributed by atoms with Crippen molar-refractivity contribution in [1.29, 1.82) is 0 Å². The number of nitrogens with two attached hydrogens (primary N) is 1. The van der Waals surface area contributed by atoms with Gasteiger partial charge in [0, 0.05) is 5.56 Å². The molecule has 102 valence electrons. The van der Waals surface area contributed by atoms with E-state index in [0.717, 1.165) is 29.7 Å². The lowest BCUT2D eigenvalue weighted by Gasteiger charge is -2.19. The molecule has 0 aliphatic rings. The lowest BCUT2D eigenvalue weighted by atomic mass is 9.86. The Balaban J connectivity index is 2.38. The highest BCUT2D eigenvalue weighted by atomic mass is 15.2. The molecule has 19 heavy (non-hydrogen) atoms. The van der Waals surface area contributed by atoms with Crippen molar-refractivity contribution in [2.75, 3.05) is 5.73 Å². The molecular formula is C16H23N3. The normalized spacial score (nSPS) is 11.8. The van der Waals surface area contributed by atoms with Crippen molar-refractivity contribution in [3.05, 3.63) is 35.4 Å². The number of H-pyrrole nitrogens is 1. The fraction of sp³-hybridized carbons (Fsp3) is 0.438. The highest BCUT2D eigenvalue weighted by molar-refractivity contribution is 5.68. The van der Waals surface area contributed by atoms with Crippen molar-refractivity contribution in [3.63, 3.8) is 0 Å². The third kappa shape index (κ3) is 2.80. The van der Waals surface area contributed by atoms with Gasteiger partial charge in [0.05, 0.1) is 5.69 Å². The molecule has 0 atom stereocenters. The third-order valence-electron chi connectivity index (χ3n) is 3.44. The lowest BCUT2D eigenvalue weighted by molar-refractivity contribution is 0.590. The van der Waals surface area contributed by atoms with Crippen LogP contribution >= 0.6 is 0 Å². The van der Waals surface area contributed by atoms with Crippen LogP contribution in [0.15, 0.2) is 24.3 Å². The molecule has 0 aliphatic carbocycles. The van der Waals surface area contributed by atoms with E-state index in [4.69, 9.17) is 5.73 Å². The summed E-state index contributed by atoms with van der Waals surface area (Å²) in [5.74, 6) is 0.622. The Morgan fingerprint density at radius 2 is 1.79 bits per heavy atom. The highest BCUT2D eigenvalue weighted by Gasteiger charge is 2.15. The Morgan fingerprint density at radius 3 is 2.32 bits per heavy atom. The first-order chi connectivity index (χ1) is 8.93. The molecule has 2 aromatic rings. The molecular weight excluding hydrogens is 234 g/mol. The monoisotopic (exact) mass is 257 g/mol. The largest absolute Gasteiger partial charge is 0.382 e. The molecule has 3 N–H and O–H groups in total. The molecule has 0 amide bonds. The number of hydrogen-bond donors (Lipinski definition) is 2. The minimum atomic E-state index is 0.178. The Kier molecular flexibility index (Phi) is 3.65. The summed E-state index contributed by atoms with van der Waals surface area (Å²) in [5.41, 5.74) is 10.8. The van der Waals surface area contributed by atoms with Gasteiger partial charge in [0.1, 0.15) is 5.82 Å². The highest BCUT2D eigenvalue weighted by Crippen LogP contribution is 2.29. The average molecular weight is 257 g/mol. The van der Waals surface area contributed by atoms with Crippen molar-refractivity contribution in [2.24, 2.45) is 0 Å². The van der Waals surface area contributed by atoms with Crippen LogP contribution in [0.25, 0.3) is 11.3 Å². The number of aromatic nitrogens is 2. The van der Waals surface area contributed by atoms with Crippen molar-refractivity contribution < 1.29 is 0 Å². The van der Waals surface area contributed by atoms with Gasteiger partial charge in [-0.05, 0) is 23.0 Å². The second-order valence-electron chi connectivity index (χ2n) is 6.04. The summed E-state index contributed by atoms with van der Waals surface area (Å²) in [6, 6.07) is 8.66. The predicted molar refractivity (Wildman–Crippen MR) is 81.1 cm³/mol. The van der Waals surface area contributed by atoms with Crippen LogP contribution in [-0.2, 0) is 11.8 Å². The number of aromatic amines is 1. The zero-order chi connectivity index (χ0) is 14.0. The first-order valence-corrected chi connectivity index (χ1v) is 6.87.